The summed E-state index contributed by atoms with van der Waals surface area (Å²) < 4.78 is 308. The third kappa shape index (κ3) is 19.9. The minimum absolute atomic E-state index is 0. The molecular weight excluding hydrogens is 1350 g/mol. The predicted molar refractivity (Wildman–Crippen MR) is 267 cm³/mol. The van der Waals surface area contributed by atoms with Gasteiger partial charge >= 0.3 is 70.8 Å². The van der Waals surface area contributed by atoms with Gasteiger partial charge < -0.3 is 25.5 Å². The van der Waals surface area contributed by atoms with Gasteiger partial charge in [0.05, 0.1) is 0 Å². The van der Waals surface area contributed by atoms with Crippen LogP contribution in [0.1, 0.15) is 140 Å². The molecule has 2 N–H and O–H groups in total. The average Bonchev–Trinajstić information content (AvgIpc) is 0.760. The predicted octanol–water partition coefficient (Wildman–Crippen LogP) is 16.6. The molecule has 4 rings (SSSR count). The number of phenols is 2. The van der Waals surface area contributed by atoms with Crippen molar-refractivity contribution in [1.82, 2.24) is 0 Å². The molecule has 0 unspecified atom stereocenters. The maximum Gasteiger partial charge on any atom is 3.00 e. The summed E-state index contributed by atoms with van der Waals surface area (Å²) in [5.41, 5.74) is -14.5. The van der Waals surface area contributed by atoms with Gasteiger partial charge in [-0.25, -0.2) is 39.5 Å². The number of halogens is 27. The van der Waals surface area contributed by atoms with Crippen LogP contribution in [0.15, 0.2) is 94.9 Å². The van der Waals surface area contributed by atoms with E-state index >= 15 is 0 Å². The molecule has 0 saturated carbocycles. The first-order valence-electron chi connectivity index (χ1n) is 25.1. The maximum absolute atomic E-state index is 12.0. The van der Waals surface area contributed by atoms with E-state index in [1.165, 1.54) is 0 Å². The first kappa shape index (κ1) is 85.3. The van der Waals surface area contributed by atoms with Crippen molar-refractivity contribution in [2.24, 2.45) is 9.98 Å². The summed E-state index contributed by atoms with van der Waals surface area (Å²) in [6.45, 7) is 25.9. The van der Waals surface area contributed by atoms with Crippen LogP contribution in [0.3, 0.4) is 0 Å². The second-order valence-electron chi connectivity index (χ2n) is 23.7. The normalized spacial score (nSPS) is 15.0. The Bertz CT molecular complexity index is 2680. The number of rotatable bonds is 10. The van der Waals surface area contributed by atoms with E-state index in [9.17, 15) is 144 Å². The molecular formula is C56H56CoF27N2O5. The fourth-order valence-electron chi connectivity index (χ4n) is 7.31. The summed E-state index contributed by atoms with van der Waals surface area (Å²) in [6.07, 6.45) is -59.1. The molecule has 2 atom stereocenters. The van der Waals surface area contributed by atoms with Gasteiger partial charge in [0.15, 0.2) is 0 Å². The first-order valence-corrected chi connectivity index (χ1v) is 25.1. The van der Waals surface area contributed by atoms with Crippen LogP contribution in [-0.2, 0) is 38.4 Å². The van der Waals surface area contributed by atoms with Crippen LogP contribution in [-0.4, -0.2) is 95.0 Å². The van der Waals surface area contributed by atoms with Crippen molar-refractivity contribution in [2.75, 3.05) is 0 Å². The number of alkyl halides is 27. The molecule has 0 aliphatic carbocycles. The Kier molecular flexibility index (Phi) is 26.3. The van der Waals surface area contributed by atoms with Gasteiger partial charge in [-0.3, -0.25) is 9.98 Å². The number of benzene rings is 4. The van der Waals surface area contributed by atoms with Gasteiger partial charge in [-0.15, -0.1) is 0 Å². The molecule has 0 aliphatic heterocycles. The van der Waals surface area contributed by atoms with E-state index in [-0.39, 0.29) is 49.9 Å². The fraction of sp³-hybridized carbons (Fsp3) is 0.536. The van der Waals surface area contributed by atoms with E-state index in [0.717, 1.165) is 33.4 Å². The molecule has 0 spiro atoms. The molecule has 0 saturated heterocycles. The average molecular weight is 1410 g/mol. The van der Waals surface area contributed by atoms with E-state index in [1.807, 2.05) is 48.8 Å². The van der Waals surface area contributed by atoms with Crippen molar-refractivity contribution in [2.45, 2.75) is 189 Å². The van der Waals surface area contributed by atoms with Crippen molar-refractivity contribution < 1.29 is 161 Å². The van der Waals surface area contributed by atoms with Crippen LogP contribution in [0.4, 0.5) is 119 Å². The van der Waals surface area contributed by atoms with Crippen molar-refractivity contribution in [3.05, 3.63) is 129 Å². The van der Waals surface area contributed by atoms with Gasteiger partial charge in [-0.1, -0.05) is 156 Å². The standard InChI is InChI=1S/C44H56N2O2.3C4F9O.Co/c1-41(2,3)33-23-31(39(47)35(25-33)43(7,8)9)27-45-37(29-19-15-13-16-20-29)38(30-21-17-14-18-22-30)46-28-32-24-34(42(4,5)6)26-36(40(32)48)44(10,11)12;3*5-1(2(6,7)8,3(9,10)11)4(12,13)14;/h13-28,37-38,47-48H,1-12H3;;;;/q;3*-1;+3/t37-,38-;;;;/m1..../s1. The van der Waals surface area contributed by atoms with E-state index in [2.05, 4.69) is 132 Å². The Morgan fingerprint density at radius 1 is 0.330 bits per heavy atom. The fourth-order valence-corrected chi connectivity index (χ4v) is 7.31. The largest absolute Gasteiger partial charge is 3.00 e. The van der Waals surface area contributed by atoms with Crippen LogP contribution >= 0.6 is 0 Å². The van der Waals surface area contributed by atoms with Gasteiger partial charge in [0, 0.05) is 34.7 Å². The third-order valence-electron chi connectivity index (χ3n) is 12.5. The Labute approximate surface area is 512 Å². The number of phenolic OH excluding ortho intramolecular Hbond substituents is 2. The van der Waals surface area contributed by atoms with Crippen LogP contribution in [0, 0.1) is 0 Å². The molecule has 35 heteroatoms. The van der Waals surface area contributed by atoms with Crippen LogP contribution in [0.2, 0.25) is 0 Å². The van der Waals surface area contributed by atoms with Gasteiger partial charge in [0.2, 0.25) is 18.3 Å². The summed E-state index contributed by atoms with van der Waals surface area (Å²) >= 11 is 0. The first-order chi connectivity index (χ1) is 39.4. The van der Waals surface area contributed by atoms with E-state index in [1.54, 1.807) is 0 Å². The topological polar surface area (TPSA) is 134 Å². The van der Waals surface area contributed by atoms with Crippen molar-refractivity contribution >= 4 is 12.4 Å². The number of nitrogens with zero attached hydrogens (tertiary/aromatic N) is 2. The molecule has 518 valence electrons. The summed E-state index contributed by atoms with van der Waals surface area (Å²) in [7, 11) is 0. The third-order valence-corrected chi connectivity index (χ3v) is 12.5. The zero-order valence-corrected chi connectivity index (χ0v) is 50.0. The summed E-state index contributed by atoms with van der Waals surface area (Å²) in [4.78, 5) is 10.5. The second-order valence-corrected chi connectivity index (χ2v) is 23.7. The molecule has 0 radical (unpaired) electrons. The van der Waals surface area contributed by atoms with Crippen LogP contribution in [0.25, 0.3) is 0 Å². The molecule has 4 aromatic carbocycles. The quantitative estimate of drug-likeness (QED) is 0.120. The van der Waals surface area contributed by atoms with Crippen LogP contribution < -0.4 is 15.3 Å². The number of aromatic hydroxyl groups is 2. The van der Waals surface area contributed by atoms with Gasteiger partial charge in [-0.05, 0) is 56.0 Å². The Morgan fingerprint density at radius 3 is 0.670 bits per heavy atom. The van der Waals surface area contributed by atoms with Gasteiger partial charge in [-0.2, -0.15) is 79.0 Å². The minimum atomic E-state index is -7.08. The van der Waals surface area contributed by atoms with Gasteiger partial charge in [0.1, 0.15) is 23.6 Å². The number of aliphatic imine (C=N–C) groups is 2. The van der Waals surface area contributed by atoms with E-state index in [0.29, 0.717) is 11.1 Å². The maximum atomic E-state index is 12.0. The van der Waals surface area contributed by atoms with Crippen molar-refractivity contribution in [3.63, 3.8) is 0 Å². The molecule has 0 aliphatic rings. The summed E-state index contributed by atoms with van der Waals surface area (Å²) in [6, 6.07) is 28.0. The van der Waals surface area contributed by atoms with Crippen LogP contribution in [0.5, 0.6) is 11.5 Å². The molecule has 4 aromatic rings. The zero-order valence-electron chi connectivity index (χ0n) is 48.9. The van der Waals surface area contributed by atoms with E-state index < -0.39 is 84.5 Å². The number of hydrogen-bond acceptors (Lipinski definition) is 7. The molecule has 7 nitrogen and oxygen atoms in total. The SMILES string of the molecule is CC(C)(C)c1cc(C=N[C@H](c2ccccc2)[C@H](N=Cc2cc(C(C)(C)C)cc(C(C)(C)C)c2O)c2ccccc2)c(O)c(C(C)(C)C)c1.[Co+3].[O-]C(F)(F)C(F)(C(F)(F)F)C(F)(F)F.[O-]C(F)(F)C(F)(C(F)(F)F)C(F)(F)F.[O-]C(F)(F)C(F)(C(F)(F)F)C(F)(F)F. The Hall–Kier alpha value is -5.68. The molecule has 0 amide bonds. The Balaban J connectivity index is 0.00000152. The molecule has 0 bridgehead atoms. The number of hydrogen-bond donors (Lipinski definition) is 2. The van der Waals surface area contributed by atoms with Crippen molar-refractivity contribution in [3.8, 4) is 11.5 Å². The van der Waals surface area contributed by atoms with E-state index in [4.69, 9.17) is 9.98 Å². The summed E-state index contributed by atoms with van der Waals surface area (Å²) in [5, 5.41) is 51.0. The van der Waals surface area contributed by atoms with Gasteiger partial charge in [0.25, 0.3) is 0 Å². The zero-order chi connectivity index (χ0) is 71.7. The minimum Gasteiger partial charge on any atom is -0.795 e. The summed E-state index contributed by atoms with van der Waals surface area (Å²) in [5.74, 6) is 0.508. The molecule has 0 fully saturated rings. The molecule has 91 heavy (non-hydrogen) atoms. The second kappa shape index (κ2) is 28.1. The monoisotopic (exact) mass is 1410 g/mol. The van der Waals surface area contributed by atoms with Crippen molar-refractivity contribution in [1.29, 1.82) is 0 Å². The Morgan fingerprint density at radius 2 is 0.527 bits per heavy atom. The smallest absolute Gasteiger partial charge is 0.795 e. The molecule has 0 aromatic heterocycles. The molecule has 0 heterocycles.